The number of rotatable bonds is 12. The van der Waals surface area contributed by atoms with Crippen molar-refractivity contribution in [1.82, 2.24) is 4.90 Å². The molecule has 2 rings (SSSR count). The van der Waals surface area contributed by atoms with E-state index in [2.05, 4.69) is 10.0 Å². The van der Waals surface area contributed by atoms with E-state index < -0.39 is 25.1 Å². The van der Waals surface area contributed by atoms with Crippen molar-refractivity contribution >= 4 is 19.4 Å². The maximum Gasteiger partial charge on any atom is 0.338 e. The monoisotopic (exact) mass is 412 g/mol. The fourth-order valence-corrected chi connectivity index (χ4v) is 6.07. The lowest BCUT2D eigenvalue weighted by Gasteiger charge is -2.31. The summed E-state index contributed by atoms with van der Waals surface area (Å²) < 4.78 is 24.1. The van der Waals surface area contributed by atoms with Gasteiger partial charge >= 0.3 is 7.60 Å². The summed E-state index contributed by atoms with van der Waals surface area (Å²) in [7, 11) is -3.53. The van der Waals surface area contributed by atoms with E-state index in [9.17, 15) is 14.2 Å². The highest BCUT2D eigenvalue weighted by Gasteiger charge is 2.56. The van der Waals surface area contributed by atoms with Crippen molar-refractivity contribution in [3.05, 3.63) is 22.6 Å². The third-order valence-electron chi connectivity index (χ3n) is 5.10. The number of carbonyl (C=O) groups excluding carboxylic acids is 2. The molecule has 0 bridgehead atoms. The highest BCUT2D eigenvalue weighted by Crippen LogP contribution is 2.59. The highest BCUT2D eigenvalue weighted by atomic mass is 31.2. The van der Waals surface area contributed by atoms with Crippen LogP contribution in [0.25, 0.3) is 10.4 Å². The molecule has 0 saturated carbocycles. The molecule has 0 spiro atoms. The molecule has 0 aromatic rings. The number of hydrogen-bond donors (Lipinski definition) is 0. The molecule has 0 aromatic carbocycles. The van der Waals surface area contributed by atoms with Gasteiger partial charge in [-0.15, -0.1) is 0 Å². The molecule has 3 atom stereocenters. The van der Waals surface area contributed by atoms with Crippen molar-refractivity contribution in [2.75, 3.05) is 26.3 Å². The fourth-order valence-electron chi connectivity index (χ4n) is 3.87. The zero-order valence-electron chi connectivity index (χ0n) is 16.5. The van der Waals surface area contributed by atoms with E-state index >= 15 is 0 Å². The minimum absolute atomic E-state index is 0.196. The molecule has 1 saturated heterocycles. The summed E-state index contributed by atoms with van der Waals surface area (Å²) in [6, 6.07) is 0. The Labute approximate surface area is 165 Å². The van der Waals surface area contributed by atoms with Gasteiger partial charge in [0.05, 0.1) is 30.7 Å². The van der Waals surface area contributed by atoms with Gasteiger partial charge in [-0.05, 0) is 38.6 Å². The number of likely N-dealkylation sites (tertiary alicyclic amines) is 1. The normalized spacial score (nSPS) is 24.4. The van der Waals surface area contributed by atoms with Crippen LogP contribution in [-0.2, 0) is 23.2 Å². The number of fused-ring (bicyclic) bond motifs is 1. The third kappa shape index (κ3) is 5.03. The summed E-state index contributed by atoms with van der Waals surface area (Å²) >= 11 is 0. The fraction of sp³-hybridized carbons (Fsp3) is 0.778. The van der Waals surface area contributed by atoms with Crippen LogP contribution in [0, 0.1) is 11.8 Å². The van der Waals surface area contributed by atoms with Gasteiger partial charge in [-0.2, -0.15) is 0 Å². The predicted molar refractivity (Wildman–Crippen MR) is 105 cm³/mol. The Balaban J connectivity index is 2.03. The van der Waals surface area contributed by atoms with Crippen LogP contribution < -0.4 is 0 Å². The molecular formula is C18H29N4O5P. The van der Waals surface area contributed by atoms with Crippen LogP contribution in [0.2, 0.25) is 0 Å². The van der Waals surface area contributed by atoms with Gasteiger partial charge in [0, 0.05) is 18.0 Å². The molecule has 28 heavy (non-hydrogen) atoms. The standard InChI is InChI=1S/C18H29N4O5P/c1-3-26-28(25,27-4-2)15-11-9-10-14-16(15)18(24)22(17(14)23)13-8-6-5-7-12-20-21-19/h9,11,14-16H,3-8,10,12-13H2,1-2H3/t14-,15+,16-/m0/s1. The van der Waals surface area contributed by atoms with Gasteiger partial charge in [0.2, 0.25) is 11.8 Å². The van der Waals surface area contributed by atoms with E-state index in [1.54, 1.807) is 26.0 Å². The van der Waals surface area contributed by atoms with Crippen molar-refractivity contribution in [3.8, 4) is 0 Å². The Morgan fingerprint density at radius 3 is 2.50 bits per heavy atom. The molecule has 0 unspecified atom stereocenters. The number of allylic oxidation sites excluding steroid dienone is 2. The minimum Gasteiger partial charge on any atom is -0.308 e. The van der Waals surface area contributed by atoms with Crippen LogP contribution >= 0.6 is 7.60 Å². The van der Waals surface area contributed by atoms with Gasteiger partial charge in [-0.25, -0.2) is 0 Å². The maximum absolute atomic E-state index is 13.2. The summed E-state index contributed by atoms with van der Waals surface area (Å²) in [4.78, 5) is 29.8. The minimum atomic E-state index is -3.53. The average molecular weight is 412 g/mol. The van der Waals surface area contributed by atoms with Gasteiger partial charge < -0.3 is 9.05 Å². The van der Waals surface area contributed by atoms with Crippen molar-refractivity contribution < 1.29 is 23.2 Å². The Morgan fingerprint density at radius 2 is 1.86 bits per heavy atom. The summed E-state index contributed by atoms with van der Waals surface area (Å²) in [6.07, 6.45) is 7.18. The molecule has 1 aliphatic carbocycles. The molecule has 2 aliphatic rings. The van der Waals surface area contributed by atoms with E-state index in [1.165, 1.54) is 4.90 Å². The van der Waals surface area contributed by atoms with Gasteiger partial charge in [0.1, 0.15) is 0 Å². The molecule has 9 nitrogen and oxygen atoms in total. The lowest BCUT2D eigenvalue weighted by molar-refractivity contribution is -0.139. The SMILES string of the molecule is CCOP(=O)(OCC)[C@@H]1C=CC[C@@H]2C(=O)N(CCCCCCN=[N+]=[N-])C(=O)[C@@H]21. The second-order valence-electron chi connectivity index (χ2n) is 6.86. The molecule has 156 valence electrons. The molecule has 1 aliphatic heterocycles. The first-order valence-corrected chi connectivity index (χ1v) is 11.5. The number of hydrogen-bond acceptors (Lipinski definition) is 6. The summed E-state index contributed by atoms with van der Waals surface area (Å²) in [5.41, 5.74) is 7.53. The smallest absolute Gasteiger partial charge is 0.308 e. The Kier molecular flexibility index (Phi) is 8.70. The zero-order chi connectivity index (χ0) is 20.6. The molecular weight excluding hydrogens is 383 g/mol. The van der Waals surface area contributed by atoms with Gasteiger partial charge in [0.25, 0.3) is 0 Å². The van der Waals surface area contributed by atoms with Crippen LogP contribution in [-0.4, -0.2) is 48.7 Å². The van der Waals surface area contributed by atoms with E-state index in [0.717, 1.165) is 19.3 Å². The first-order valence-electron chi connectivity index (χ1n) is 9.91. The quantitative estimate of drug-likeness (QED) is 0.0910. The summed E-state index contributed by atoms with van der Waals surface area (Å²) in [5.74, 6) is -1.66. The highest BCUT2D eigenvalue weighted by molar-refractivity contribution is 7.55. The number of carbonyl (C=O) groups is 2. The number of azide groups is 1. The van der Waals surface area contributed by atoms with Crippen LogP contribution in [0.5, 0.6) is 0 Å². The molecule has 0 radical (unpaired) electrons. The van der Waals surface area contributed by atoms with Crippen LogP contribution in [0.4, 0.5) is 0 Å². The van der Waals surface area contributed by atoms with Gasteiger partial charge in [0.15, 0.2) is 0 Å². The van der Waals surface area contributed by atoms with E-state index in [0.29, 0.717) is 25.9 Å². The van der Waals surface area contributed by atoms with Crippen molar-refractivity contribution in [1.29, 1.82) is 0 Å². The Morgan fingerprint density at radius 1 is 1.18 bits per heavy atom. The molecule has 1 fully saturated rings. The number of unbranched alkanes of at least 4 members (excludes halogenated alkanes) is 3. The maximum atomic E-state index is 13.2. The average Bonchev–Trinajstić information content (AvgIpc) is 2.92. The van der Waals surface area contributed by atoms with E-state index in [4.69, 9.17) is 14.6 Å². The van der Waals surface area contributed by atoms with Crippen LogP contribution in [0.15, 0.2) is 17.3 Å². The van der Waals surface area contributed by atoms with Crippen molar-refractivity contribution in [2.24, 2.45) is 17.0 Å². The third-order valence-corrected chi connectivity index (χ3v) is 7.56. The van der Waals surface area contributed by atoms with Crippen molar-refractivity contribution in [3.63, 3.8) is 0 Å². The van der Waals surface area contributed by atoms with E-state index in [1.807, 2.05) is 0 Å². The van der Waals surface area contributed by atoms with Crippen LogP contribution in [0.1, 0.15) is 46.0 Å². The van der Waals surface area contributed by atoms with Gasteiger partial charge in [-0.1, -0.05) is 30.1 Å². The Bertz CT molecular complexity index is 681. The summed E-state index contributed by atoms with van der Waals surface area (Å²) in [6.45, 7) is 4.69. The molecule has 1 heterocycles. The number of nitrogens with zero attached hydrogens (tertiary/aromatic N) is 4. The van der Waals surface area contributed by atoms with Crippen LogP contribution in [0.3, 0.4) is 0 Å². The lowest BCUT2D eigenvalue weighted by atomic mass is 9.85. The van der Waals surface area contributed by atoms with Crippen molar-refractivity contribution in [2.45, 2.75) is 51.6 Å². The Hall–Kier alpha value is -1.66. The first kappa shape index (κ1) is 22.6. The zero-order valence-corrected chi connectivity index (χ0v) is 17.4. The lowest BCUT2D eigenvalue weighted by Crippen LogP contribution is -2.35. The van der Waals surface area contributed by atoms with Gasteiger partial charge in [-0.3, -0.25) is 19.1 Å². The second kappa shape index (κ2) is 10.8. The second-order valence-corrected chi connectivity index (χ2v) is 9.05. The number of imide groups is 1. The summed E-state index contributed by atoms with van der Waals surface area (Å²) in [5, 5.41) is 3.49. The van der Waals surface area contributed by atoms with E-state index in [-0.39, 0.29) is 25.0 Å². The molecule has 10 heteroatoms. The number of amides is 2. The molecule has 2 amide bonds. The predicted octanol–water partition coefficient (Wildman–Crippen LogP) is 4.05. The topological polar surface area (TPSA) is 122 Å². The molecule has 0 aromatic heterocycles. The molecule has 0 N–H and O–H groups in total. The largest absolute Gasteiger partial charge is 0.338 e. The first-order chi connectivity index (χ1) is 13.5.